The number of nitrogens with zero attached hydrogens (tertiary/aromatic N) is 4. The first-order valence-electron chi connectivity index (χ1n) is 10.4. The molecule has 3 aromatic rings. The van der Waals surface area contributed by atoms with E-state index < -0.39 is 0 Å². The molecule has 0 saturated carbocycles. The molecular weight excluding hydrogens is 408 g/mol. The second kappa shape index (κ2) is 9.55. The molecule has 0 radical (unpaired) electrons. The molecule has 8 nitrogen and oxygen atoms in total. The third kappa shape index (κ3) is 4.44. The van der Waals surface area contributed by atoms with E-state index in [0.717, 1.165) is 22.8 Å². The second-order valence-corrected chi connectivity index (χ2v) is 7.35. The summed E-state index contributed by atoms with van der Waals surface area (Å²) in [5, 5.41) is 8.79. The Morgan fingerprint density at radius 2 is 1.56 bits per heavy atom. The maximum absolute atomic E-state index is 13.0. The van der Waals surface area contributed by atoms with Crippen molar-refractivity contribution >= 4 is 11.7 Å². The third-order valence-electron chi connectivity index (χ3n) is 5.55. The fourth-order valence-corrected chi connectivity index (χ4v) is 3.71. The van der Waals surface area contributed by atoms with Crippen LogP contribution in [0.1, 0.15) is 10.4 Å². The van der Waals surface area contributed by atoms with Crippen LogP contribution >= 0.6 is 0 Å². The fourth-order valence-electron chi connectivity index (χ4n) is 3.71. The lowest BCUT2D eigenvalue weighted by atomic mass is 10.1. The molecule has 32 heavy (non-hydrogen) atoms. The molecule has 0 aliphatic carbocycles. The van der Waals surface area contributed by atoms with E-state index >= 15 is 0 Å². The first-order chi connectivity index (χ1) is 15.6. The predicted molar refractivity (Wildman–Crippen MR) is 122 cm³/mol. The van der Waals surface area contributed by atoms with Gasteiger partial charge in [0.1, 0.15) is 17.2 Å². The highest BCUT2D eigenvalue weighted by atomic mass is 16.5. The van der Waals surface area contributed by atoms with Crippen molar-refractivity contribution < 1.29 is 19.0 Å². The monoisotopic (exact) mass is 434 g/mol. The van der Waals surface area contributed by atoms with E-state index in [-0.39, 0.29) is 5.91 Å². The molecule has 1 fully saturated rings. The van der Waals surface area contributed by atoms with Gasteiger partial charge in [0.25, 0.3) is 5.91 Å². The summed E-state index contributed by atoms with van der Waals surface area (Å²) in [6, 6.07) is 16.9. The Bertz CT molecular complexity index is 1080. The van der Waals surface area contributed by atoms with E-state index in [2.05, 4.69) is 15.1 Å². The molecule has 8 heteroatoms. The highest BCUT2D eigenvalue weighted by Gasteiger charge is 2.25. The van der Waals surface area contributed by atoms with Crippen LogP contribution in [0.5, 0.6) is 17.2 Å². The minimum absolute atomic E-state index is 0.0522. The van der Waals surface area contributed by atoms with Gasteiger partial charge in [-0.25, -0.2) is 0 Å². The van der Waals surface area contributed by atoms with Gasteiger partial charge in [-0.2, -0.15) is 0 Å². The number of hydrogen-bond acceptors (Lipinski definition) is 7. The van der Waals surface area contributed by atoms with Crippen LogP contribution in [0.25, 0.3) is 11.3 Å². The summed E-state index contributed by atoms with van der Waals surface area (Å²) >= 11 is 0. The minimum atomic E-state index is -0.0522. The number of carbonyl (C=O) groups is 1. The first kappa shape index (κ1) is 21.4. The number of methoxy groups -OCH3 is 3. The molecule has 0 bridgehead atoms. The van der Waals surface area contributed by atoms with Crippen molar-refractivity contribution in [2.75, 3.05) is 52.4 Å². The average Bonchev–Trinajstić information content (AvgIpc) is 2.88. The summed E-state index contributed by atoms with van der Waals surface area (Å²) in [5.41, 5.74) is 2.27. The Morgan fingerprint density at radius 1 is 0.812 bits per heavy atom. The van der Waals surface area contributed by atoms with Gasteiger partial charge in [-0.1, -0.05) is 12.1 Å². The third-order valence-corrected chi connectivity index (χ3v) is 5.55. The number of carbonyl (C=O) groups excluding carboxylic acids is 1. The molecule has 0 N–H and O–H groups in total. The normalized spacial score (nSPS) is 13.6. The minimum Gasteiger partial charge on any atom is -0.497 e. The summed E-state index contributed by atoms with van der Waals surface area (Å²) in [6.45, 7) is 2.54. The Hall–Kier alpha value is -3.81. The number of anilines is 1. The van der Waals surface area contributed by atoms with Crippen LogP contribution in [0.15, 0.2) is 54.6 Å². The molecule has 4 rings (SSSR count). The van der Waals surface area contributed by atoms with Crippen molar-refractivity contribution in [3.63, 3.8) is 0 Å². The maximum atomic E-state index is 13.0. The van der Waals surface area contributed by atoms with E-state index in [4.69, 9.17) is 14.2 Å². The van der Waals surface area contributed by atoms with Gasteiger partial charge >= 0.3 is 0 Å². The number of amides is 1. The van der Waals surface area contributed by atoms with Crippen LogP contribution in [-0.4, -0.2) is 68.5 Å². The van der Waals surface area contributed by atoms with Crippen LogP contribution in [0.3, 0.4) is 0 Å². The summed E-state index contributed by atoms with van der Waals surface area (Å²) in [6.07, 6.45) is 0. The van der Waals surface area contributed by atoms with Gasteiger partial charge in [0.05, 0.1) is 32.6 Å². The smallest absolute Gasteiger partial charge is 0.257 e. The van der Waals surface area contributed by atoms with Gasteiger partial charge in [0.15, 0.2) is 5.82 Å². The summed E-state index contributed by atoms with van der Waals surface area (Å²) in [4.78, 5) is 17.0. The Morgan fingerprint density at radius 3 is 2.22 bits per heavy atom. The number of ether oxygens (including phenoxy) is 3. The molecule has 2 aromatic carbocycles. The zero-order valence-electron chi connectivity index (χ0n) is 18.4. The van der Waals surface area contributed by atoms with E-state index in [1.54, 1.807) is 39.5 Å². The van der Waals surface area contributed by atoms with Crippen LogP contribution in [0, 0.1) is 0 Å². The molecule has 1 saturated heterocycles. The quantitative estimate of drug-likeness (QED) is 0.590. The Labute approximate surface area is 187 Å². The number of piperazine rings is 1. The average molecular weight is 434 g/mol. The molecule has 1 aliphatic rings. The molecular formula is C24H26N4O4. The van der Waals surface area contributed by atoms with Crippen molar-refractivity contribution in [2.45, 2.75) is 0 Å². The van der Waals surface area contributed by atoms with E-state index in [0.29, 0.717) is 43.2 Å². The molecule has 2 heterocycles. The van der Waals surface area contributed by atoms with Crippen molar-refractivity contribution in [3.8, 4) is 28.5 Å². The van der Waals surface area contributed by atoms with Gasteiger partial charge in [-0.05, 0) is 36.4 Å². The lowest BCUT2D eigenvalue weighted by Crippen LogP contribution is -2.49. The van der Waals surface area contributed by atoms with Crippen molar-refractivity contribution in [1.82, 2.24) is 15.1 Å². The second-order valence-electron chi connectivity index (χ2n) is 7.35. The molecule has 1 aromatic heterocycles. The number of aromatic nitrogens is 2. The molecule has 1 aliphatic heterocycles. The predicted octanol–water partition coefficient (Wildman–Crippen LogP) is 3.13. The van der Waals surface area contributed by atoms with Gasteiger partial charge in [-0.3, -0.25) is 4.79 Å². The van der Waals surface area contributed by atoms with E-state index in [9.17, 15) is 4.79 Å². The molecule has 166 valence electrons. The standard InChI is InChI=1S/C24H26N4O4/c1-30-18-6-4-5-17(15-18)21-9-10-23(26-25-21)27-11-13-28(14-12-27)24(29)20-8-7-19(31-2)16-22(20)32-3/h4-10,15-16H,11-14H2,1-3H3. The fraction of sp³-hybridized carbons (Fsp3) is 0.292. The van der Waals surface area contributed by atoms with Gasteiger partial charge in [0, 0.05) is 37.8 Å². The van der Waals surface area contributed by atoms with Crippen LogP contribution in [-0.2, 0) is 0 Å². The van der Waals surface area contributed by atoms with Crippen molar-refractivity contribution in [2.24, 2.45) is 0 Å². The number of benzene rings is 2. The molecule has 0 unspecified atom stereocenters. The summed E-state index contributed by atoms with van der Waals surface area (Å²) in [7, 11) is 4.78. The highest BCUT2D eigenvalue weighted by molar-refractivity contribution is 5.97. The van der Waals surface area contributed by atoms with Crippen molar-refractivity contribution in [3.05, 3.63) is 60.2 Å². The lowest BCUT2D eigenvalue weighted by molar-refractivity contribution is 0.0743. The SMILES string of the molecule is COc1cccc(-c2ccc(N3CCN(C(=O)c4ccc(OC)cc4OC)CC3)nn2)c1. The van der Waals surface area contributed by atoms with Gasteiger partial charge < -0.3 is 24.0 Å². The lowest BCUT2D eigenvalue weighted by Gasteiger charge is -2.35. The number of hydrogen-bond donors (Lipinski definition) is 0. The van der Waals surface area contributed by atoms with Crippen LogP contribution in [0.4, 0.5) is 5.82 Å². The first-order valence-corrected chi connectivity index (χ1v) is 10.4. The molecule has 0 atom stereocenters. The van der Waals surface area contributed by atoms with E-state index in [1.807, 2.05) is 41.3 Å². The topological polar surface area (TPSA) is 77.0 Å². The van der Waals surface area contributed by atoms with Crippen LogP contribution < -0.4 is 19.1 Å². The Balaban J connectivity index is 1.41. The number of rotatable bonds is 6. The van der Waals surface area contributed by atoms with E-state index in [1.165, 1.54) is 0 Å². The van der Waals surface area contributed by atoms with Gasteiger partial charge in [-0.15, -0.1) is 10.2 Å². The molecule has 1 amide bonds. The zero-order chi connectivity index (χ0) is 22.5. The zero-order valence-corrected chi connectivity index (χ0v) is 18.4. The Kier molecular flexibility index (Phi) is 6.39. The summed E-state index contributed by atoms with van der Waals surface area (Å²) in [5.74, 6) is 2.69. The molecule has 0 spiro atoms. The maximum Gasteiger partial charge on any atom is 0.257 e. The van der Waals surface area contributed by atoms with Gasteiger partial charge in [0.2, 0.25) is 0 Å². The van der Waals surface area contributed by atoms with Crippen molar-refractivity contribution in [1.29, 1.82) is 0 Å². The largest absolute Gasteiger partial charge is 0.497 e. The summed E-state index contributed by atoms with van der Waals surface area (Å²) < 4.78 is 15.9. The van der Waals surface area contributed by atoms with Crippen LogP contribution in [0.2, 0.25) is 0 Å². The highest BCUT2D eigenvalue weighted by Crippen LogP contribution is 2.27.